The number of benzene rings is 1. The maximum atomic E-state index is 11.3. The van der Waals surface area contributed by atoms with Crippen molar-refractivity contribution in [1.29, 1.82) is 0 Å². The van der Waals surface area contributed by atoms with Crippen molar-refractivity contribution in [1.82, 2.24) is 15.3 Å². The van der Waals surface area contributed by atoms with Crippen molar-refractivity contribution >= 4 is 17.7 Å². The molecule has 6 nitrogen and oxygen atoms in total. The molecule has 3 rings (SSSR count). The molecule has 0 bridgehead atoms. The van der Waals surface area contributed by atoms with E-state index in [2.05, 4.69) is 20.6 Å². The maximum Gasteiger partial charge on any atom is 0.319 e. The molecule has 0 spiro atoms. The van der Waals surface area contributed by atoms with Crippen molar-refractivity contribution in [2.24, 2.45) is 0 Å². The van der Waals surface area contributed by atoms with Gasteiger partial charge >= 0.3 is 6.03 Å². The van der Waals surface area contributed by atoms with E-state index in [0.717, 1.165) is 22.4 Å². The van der Waals surface area contributed by atoms with E-state index < -0.39 is 0 Å². The second kappa shape index (κ2) is 3.99. The molecule has 1 aliphatic heterocycles. The van der Waals surface area contributed by atoms with Crippen LogP contribution in [0.2, 0.25) is 0 Å². The fraction of sp³-hybridized carbons (Fsp3) is 0.0833. The number of hydrogen-bond donors (Lipinski definition) is 3. The predicted octanol–water partition coefficient (Wildman–Crippen LogP) is 1.36. The first-order chi connectivity index (χ1) is 8.72. The Morgan fingerprint density at radius 3 is 2.72 bits per heavy atom. The molecule has 1 aromatic heterocycles. The van der Waals surface area contributed by atoms with Gasteiger partial charge in [-0.15, -0.1) is 0 Å². The lowest BCUT2D eigenvalue weighted by molar-refractivity contribution is 0.251. The van der Waals surface area contributed by atoms with Gasteiger partial charge in [0.15, 0.2) is 0 Å². The highest BCUT2D eigenvalue weighted by molar-refractivity contribution is 5.93. The Labute approximate surface area is 103 Å². The highest BCUT2D eigenvalue weighted by Gasteiger charge is 2.14. The van der Waals surface area contributed by atoms with Crippen LogP contribution >= 0.6 is 0 Å². The third kappa shape index (κ3) is 1.84. The fourth-order valence-corrected chi connectivity index (χ4v) is 1.86. The zero-order valence-electron chi connectivity index (χ0n) is 9.47. The summed E-state index contributed by atoms with van der Waals surface area (Å²) in [5.74, 6) is 0.245. The zero-order valence-corrected chi connectivity index (χ0v) is 9.47. The van der Waals surface area contributed by atoms with E-state index in [4.69, 9.17) is 5.73 Å². The average molecular weight is 241 g/mol. The first kappa shape index (κ1) is 10.5. The monoisotopic (exact) mass is 241 g/mol. The standard InChI is InChI=1S/C12H11N5O/c13-11-14-5-9(6-15-11)7-1-2-8-4-16-12(18)17-10(8)3-7/h1-3,5-6H,4H2,(H2,13,14,15)(H2,16,17,18). The summed E-state index contributed by atoms with van der Waals surface area (Å²) in [6, 6.07) is 5.65. The van der Waals surface area contributed by atoms with Gasteiger partial charge in [-0.2, -0.15) is 0 Å². The third-order valence-electron chi connectivity index (χ3n) is 2.80. The van der Waals surface area contributed by atoms with Gasteiger partial charge in [-0.05, 0) is 17.2 Å². The first-order valence-electron chi connectivity index (χ1n) is 5.48. The first-order valence-corrected chi connectivity index (χ1v) is 5.48. The van der Waals surface area contributed by atoms with Crippen LogP contribution in [0.3, 0.4) is 0 Å². The number of nitrogens with zero attached hydrogens (tertiary/aromatic N) is 2. The highest BCUT2D eigenvalue weighted by atomic mass is 16.2. The van der Waals surface area contributed by atoms with Gasteiger partial charge in [-0.1, -0.05) is 12.1 Å². The summed E-state index contributed by atoms with van der Waals surface area (Å²) in [5, 5.41) is 5.48. The van der Waals surface area contributed by atoms with E-state index in [0.29, 0.717) is 6.54 Å². The number of fused-ring (bicyclic) bond motifs is 1. The third-order valence-corrected chi connectivity index (χ3v) is 2.80. The molecular formula is C12H11N5O. The van der Waals surface area contributed by atoms with Crippen molar-refractivity contribution in [2.45, 2.75) is 6.54 Å². The van der Waals surface area contributed by atoms with E-state index in [1.807, 2.05) is 18.2 Å². The average Bonchev–Trinajstić information content (AvgIpc) is 2.38. The molecule has 18 heavy (non-hydrogen) atoms. The Bertz CT molecular complexity index is 608. The summed E-state index contributed by atoms with van der Waals surface area (Å²) < 4.78 is 0. The number of anilines is 2. The van der Waals surface area contributed by atoms with Gasteiger partial charge < -0.3 is 16.4 Å². The number of hydrogen-bond acceptors (Lipinski definition) is 4. The Morgan fingerprint density at radius 2 is 1.94 bits per heavy atom. The van der Waals surface area contributed by atoms with Crippen LogP contribution in [0.5, 0.6) is 0 Å². The van der Waals surface area contributed by atoms with E-state index in [9.17, 15) is 4.79 Å². The van der Waals surface area contributed by atoms with Gasteiger partial charge in [-0.3, -0.25) is 0 Å². The normalized spacial score (nSPS) is 13.4. The second-order valence-electron chi connectivity index (χ2n) is 4.01. The molecule has 0 aliphatic carbocycles. The smallest absolute Gasteiger partial charge is 0.319 e. The number of aromatic nitrogens is 2. The summed E-state index contributed by atoms with van der Waals surface area (Å²) >= 11 is 0. The lowest BCUT2D eigenvalue weighted by Crippen LogP contribution is -2.33. The molecule has 2 amide bonds. The summed E-state index contributed by atoms with van der Waals surface area (Å²) in [6.45, 7) is 0.541. The molecule has 2 aromatic rings. The molecule has 90 valence electrons. The largest absolute Gasteiger partial charge is 0.368 e. The SMILES string of the molecule is Nc1ncc(-c2ccc3c(c2)NC(=O)NC3)cn1. The van der Waals surface area contributed by atoms with Crippen molar-refractivity contribution in [3.05, 3.63) is 36.2 Å². The second-order valence-corrected chi connectivity index (χ2v) is 4.01. The van der Waals surface area contributed by atoms with E-state index in [1.54, 1.807) is 12.4 Å². The molecule has 0 fully saturated rings. The number of rotatable bonds is 1. The van der Waals surface area contributed by atoms with Crippen LogP contribution in [-0.4, -0.2) is 16.0 Å². The summed E-state index contributed by atoms with van der Waals surface area (Å²) in [5.41, 5.74) is 9.11. The molecule has 0 saturated carbocycles. The van der Waals surface area contributed by atoms with Gasteiger partial charge in [0, 0.05) is 30.2 Å². The molecule has 2 heterocycles. The number of nitrogens with one attached hydrogen (secondary N) is 2. The lowest BCUT2D eigenvalue weighted by atomic mass is 10.0. The minimum atomic E-state index is -0.187. The molecule has 0 unspecified atom stereocenters. The van der Waals surface area contributed by atoms with Gasteiger partial charge in [0.1, 0.15) is 0 Å². The molecular weight excluding hydrogens is 230 g/mol. The fourth-order valence-electron chi connectivity index (χ4n) is 1.86. The summed E-state index contributed by atoms with van der Waals surface area (Å²) in [4.78, 5) is 19.2. The van der Waals surface area contributed by atoms with Crippen LogP contribution in [-0.2, 0) is 6.54 Å². The molecule has 0 saturated heterocycles. The molecule has 0 atom stereocenters. The van der Waals surface area contributed by atoms with Crippen LogP contribution < -0.4 is 16.4 Å². The van der Waals surface area contributed by atoms with Crippen molar-refractivity contribution in [3.8, 4) is 11.1 Å². The Morgan fingerprint density at radius 1 is 1.17 bits per heavy atom. The minimum absolute atomic E-state index is 0.187. The predicted molar refractivity (Wildman–Crippen MR) is 67.7 cm³/mol. The number of nitrogen functional groups attached to an aromatic ring is 1. The van der Waals surface area contributed by atoms with Crippen molar-refractivity contribution < 1.29 is 4.79 Å². The molecule has 1 aromatic carbocycles. The zero-order chi connectivity index (χ0) is 12.5. The maximum absolute atomic E-state index is 11.3. The van der Waals surface area contributed by atoms with E-state index >= 15 is 0 Å². The highest BCUT2D eigenvalue weighted by Crippen LogP contribution is 2.26. The molecule has 4 N–H and O–H groups in total. The molecule has 0 radical (unpaired) electrons. The molecule has 1 aliphatic rings. The van der Waals surface area contributed by atoms with Gasteiger partial charge in [0.25, 0.3) is 0 Å². The van der Waals surface area contributed by atoms with E-state index in [-0.39, 0.29) is 12.0 Å². The van der Waals surface area contributed by atoms with Crippen LogP contribution in [0.15, 0.2) is 30.6 Å². The lowest BCUT2D eigenvalue weighted by Gasteiger charge is -2.18. The summed E-state index contributed by atoms with van der Waals surface area (Å²) in [7, 11) is 0. The Kier molecular flexibility index (Phi) is 2.33. The topological polar surface area (TPSA) is 92.9 Å². The summed E-state index contributed by atoms with van der Waals surface area (Å²) in [6.07, 6.45) is 3.32. The van der Waals surface area contributed by atoms with Crippen LogP contribution in [0.4, 0.5) is 16.4 Å². The number of urea groups is 1. The number of amides is 2. The van der Waals surface area contributed by atoms with Crippen LogP contribution in [0.25, 0.3) is 11.1 Å². The van der Waals surface area contributed by atoms with Crippen LogP contribution in [0, 0.1) is 0 Å². The van der Waals surface area contributed by atoms with Crippen LogP contribution in [0.1, 0.15) is 5.56 Å². The Hall–Kier alpha value is -2.63. The molecule has 6 heteroatoms. The van der Waals surface area contributed by atoms with E-state index in [1.165, 1.54) is 0 Å². The Balaban J connectivity index is 2.01. The number of carbonyl (C=O) groups is 1. The minimum Gasteiger partial charge on any atom is -0.368 e. The van der Waals surface area contributed by atoms with Gasteiger partial charge in [0.2, 0.25) is 5.95 Å². The quantitative estimate of drug-likeness (QED) is 0.702. The van der Waals surface area contributed by atoms with Gasteiger partial charge in [-0.25, -0.2) is 14.8 Å². The number of carbonyl (C=O) groups excluding carboxylic acids is 1. The van der Waals surface area contributed by atoms with Crippen molar-refractivity contribution in [2.75, 3.05) is 11.1 Å². The van der Waals surface area contributed by atoms with Crippen molar-refractivity contribution in [3.63, 3.8) is 0 Å². The van der Waals surface area contributed by atoms with Gasteiger partial charge in [0.05, 0.1) is 0 Å². The number of nitrogens with two attached hydrogens (primary N) is 1.